The van der Waals surface area contributed by atoms with E-state index in [0.717, 1.165) is 64.2 Å². The molecule has 434 valence electrons. The van der Waals surface area contributed by atoms with Gasteiger partial charge < -0.3 is 14.2 Å². The van der Waals surface area contributed by atoms with Gasteiger partial charge in [-0.05, 0) is 57.8 Å². The largest absolute Gasteiger partial charge is 0.462 e. The second kappa shape index (κ2) is 65.1. The molecule has 5 heteroatoms. The molecule has 0 saturated heterocycles. The van der Waals surface area contributed by atoms with Crippen molar-refractivity contribution < 1.29 is 23.8 Å². The molecule has 5 nitrogen and oxygen atoms in total. The highest BCUT2D eigenvalue weighted by Crippen LogP contribution is 2.18. The summed E-state index contributed by atoms with van der Waals surface area (Å²) in [5, 5.41) is 0. The molecule has 0 aromatic heterocycles. The second-order valence-corrected chi connectivity index (χ2v) is 22.4. The fraction of sp³-hybridized carbons (Fsp3) is 0.855. The van der Waals surface area contributed by atoms with E-state index in [0.29, 0.717) is 19.4 Å². The molecule has 0 heterocycles. The van der Waals surface area contributed by atoms with Crippen molar-refractivity contribution >= 4 is 11.9 Å². The molecule has 0 fully saturated rings. The number of carbonyl (C=O) groups excluding carboxylic acids is 2. The lowest BCUT2D eigenvalue weighted by Gasteiger charge is -2.18. The summed E-state index contributed by atoms with van der Waals surface area (Å²) >= 11 is 0. The first-order valence-electron chi connectivity index (χ1n) is 33.2. The zero-order valence-electron chi connectivity index (χ0n) is 50.1. The summed E-state index contributed by atoms with van der Waals surface area (Å²) in [5.74, 6) is -0.377. The van der Waals surface area contributed by atoms with E-state index in [1.54, 1.807) is 0 Å². The average molecular weight is 1040 g/mol. The summed E-state index contributed by atoms with van der Waals surface area (Å²) in [6, 6.07) is 0. The van der Waals surface area contributed by atoms with Gasteiger partial charge in [0.25, 0.3) is 0 Å². The van der Waals surface area contributed by atoms with E-state index in [2.05, 4.69) is 69.4 Å². The summed E-state index contributed by atoms with van der Waals surface area (Å²) in [6.45, 7) is 7.78. The van der Waals surface area contributed by atoms with E-state index in [1.165, 1.54) is 257 Å². The van der Waals surface area contributed by atoms with Crippen molar-refractivity contribution in [3.8, 4) is 0 Å². The molecule has 0 saturated carbocycles. The topological polar surface area (TPSA) is 61.8 Å². The van der Waals surface area contributed by atoms with Crippen LogP contribution in [0.15, 0.2) is 48.6 Å². The number of rotatable bonds is 62. The Morgan fingerprint density at radius 3 is 0.973 bits per heavy atom. The van der Waals surface area contributed by atoms with Gasteiger partial charge in [-0.25, -0.2) is 0 Å². The smallest absolute Gasteiger partial charge is 0.306 e. The van der Waals surface area contributed by atoms with Gasteiger partial charge in [-0.15, -0.1) is 0 Å². The van der Waals surface area contributed by atoms with Gasteiger partial charge in [0.05, 0.1) is 6.61 Å². The molecule has 0 aliphatic rings. The molecule has 1 atom stereocenters. The first kappa shape index (κ1) is 71.9. The number of carbonyl (C=O) groups is 2. The van der Waals surface area contributed by atoms with Crippen LogP contribution in [0.1, 0.15) is 355 Å². The van der Waals surface area contributed by atoms with Crippen LogP contribution in [0.2, 0.25) is 0 Å². The third-order valence-corrected chi connectivity index (χ3v) is 14.9. The van der Waals surface area contributed by atoms with Gasteiger partial charge in [-0.3, -0.25) is 9.59 Å². The molecule has 0 aliphatic carbocycles. The van der Waals surface area contributed by atoms with E-state index in [1.807, 2.05) is 0 Å². The van der Waals surface area contributed by atoms with Gasteiger partial charge in [0.1, 0.15) is 6.61 Å². The standard InChI is InChI=1S/C69H128O5/c1-4-7-10-13-16-19-22-25-28-31-34-37-40-43-46-49-52-55-58-61-64-72-65-67(74-69(71)63-60-57-54-51-48-45-42-39-36-33-30-27-24-21-18-15-12-9-6-3)66-73-68(70)62-59-56-53-50-47-44-41-38-35-32-29-26-23-20-17-14-11-8-5-2/h7,10,16,19,25,28,34,37,67H,4-6,8-9,11-15,17-18,20-24,26-27,29-33,35-36,38-66H2,1-3H3/b10-7-,19-16-,28-25-,37-34-. The maximum absolute atomic E-state index is 12.9. The number of esters is 2. The summed E-state index contributed by atoms with van der Waals surface area (Å²) in [6.07, 6.45) is 83.0. The lowest BCUT2D eigenvalue weighted by molar-refractivity contribution is -0.163. The van der Waals surface area contributed by atoms with Crippen molar-refractivity contribution in [2.75, 3.05) is 19.8 Å². The van der Waals surface area contributed by atoms with E-state index in [9.17, 15) is 9.59 Å². The van der Waals surface area contributed by atoms with E-state index in [-0.39, 0.29) is 25.2 Å². The Hall–Kier alpha value is -2.14. The third-order valence-electron chi connectivity index (χ3n) is 14.9. The Bertz CT molecular complexity index is 1220. The normalized spacial score (nSPS) is 12.4. The number of hydrogen-bond donors (Lipinski definition) is 0. The molecule has 1 unspecified atom stereocenters. The Labute approximate surface area is 462 Å². The molecule has 0 spiro atoms. The van der Waals surface area contributed by atoms with Gasteiger partial charge in [-0.1, -0.05) is 333 Å². The summed E-state index contributed by atoms with van der Waals surface area (Å²) < 4.78 is 17.6. The van der Waals surface area contributed by atoms with Crippen LogP contribution >= 0.6 is 0 Å². The molecular formula is C69H128O5. The fourth-order valence-corrected chi connectivity index (χ4v) is 9.98. The zero-order valence-corrected chi connectivity index (χ0v) is 50.1. The van der Waals surface area contributed by atoms with Crippen LogP contribution in [0.5, 0.6) is 0 Å². The molecule has 0 rings (SSSR count). The average Bonchev–Trinajstić information content (AvgIpc) is 3.40. The lowest BCUT2D eigenvalue weighted by atomic mass is 10.0. The highest BCUT2D eigenvalue weighted by molar-refractivity contribution is 5.70. The maximum Gasteiger partial charge on any atom is 0.306 e. The molecule has 0 N–H and O–H groups in total. The zero-order chi connectivity index (χ0) is 53.4. The van der Waals surface area contributed by atoms with Crippen LogP contribution in [0.4, 0.5) is 0 Å². The number of unbranched alkanes of at least 4 members (excludes halogenated alkanes) is 43. The number of allylic oxidation sites excluding steroid dienone is 8. The lowest BCUT2D eigenvalue weighted by Crippen LogP contribution is -2.30. The van der Waals surface area contributed by atoms with Crippen LogP contribution < -0.4 is 0 Å². The number of hydrogen-bond acceptors (Lipinski definition) is 5. The third kappa shape index (κ3) is 62.4. The minimum atomic E-state index is -0.540. The summed E-state index contributed by atoms with van der Waals surface area (Å²) in [4.78, 5) is 25.7. The Morgan fingerprint density at radius 1 is 0.311 bits per heavy atom. The van der Waals surface area contributed by atoms with Crippen molar-refractivity contribution in [2.24, 2.45) is 0 Å². The van der Waals surface area contributed by atoms with Gasteiger partial charge >= 0.3 is 11.9 Å². The number of ether oxygens (including phenoxy) is 3. The molecule has 0 bridgehead atoms. The van der Waals surface area contributed by atoms with Crippen LogP contribution in [0.3, 0.4) is 0 Å². The Kier molecular flexibility index (Phi) is 63.3. The minimum absolute atomic E-state index is 0.0871. The Morgan fingerprint density at radius 2 is 0.608 bits per heavy atom. The monoisotopic (exact) mass is 1040 g/mol. The predicted octanol–water partition coefficient (Wildman–Crippen LogP) is 23.0. The SMILES string of the molecule is CC/C=C\C/C=C\C/C=C\C/C=C\CCCCCCCCCOCC(COC(=O)CCCCCCCCCCCCCCCCCCCCC)OC(=O)CCCCCCCCCCCCCCCCCCCCC. The molecule has 74 heavy (non-hydrogen) atoms. The Balaban J connectivity index is 4.25. The molecular weight excluding hydrogens is 909 g/mol. The highest BCUT2D eigenvalue weighted by atomic mass is 16.6. The van der Waals surface area contributed by atoms with Crippen molar-refractivity contribution in [1.29, 1.82) is 0 Å². The van der Waals surface area contributed by atoms with Crippen LogP contribution in [0, 0.1) is 0 Å². The van der Waals surface area contributed by atoms with E-state index in [4.69, 9.17) is 14.2 Å². The predicted molar refractivity (Wildman–Crippen MR) is 325 cm³/mol. The van der Waals surface area contributed by atoms with Crippen LogP contribution in [-0.4, -0.2) is 37.9 Å². The summed E-state index contributed by atoms with van der Waals surface area (Å²) in [7, 11) is 0. The minimum Gasteiger partial charge on any atom is -0.462 e. The summed E-state index contributed by atoms with van der Waals surface area (Å²) in [5.41, 5.74) is 0. The first-order chi connectivity index (χ1) is 36.6. The molecule has 0 aliphatic heterocycles. The van der Waals surface area contributed by atoms with Crippen LogP contribution in [0.25, 0.3) is 0 Å². The van der Waals surface area contributed by atoms with Gasteiger partial charge in [0.2, 0.25) is 0 Å². The maximum atomic E-state index is 12.9. The van der Waals surface area contributed by atoms with Gasteiger partial charge in [0.15, 0.2) is 6.10 Å². The quantitative estimate of drug-likeness (QED) is 0.0345. The van der Waals surface area contributed by atoms with E-state index < -0.39 is 6.10 Å². The van der Waals surface area contributed by atoms with Gasteiger partial charge in [-0.2, -0.15) is 0 Å². The molecule has 0 amide bonds. The van der Waals surface area contributed by atoms with Crippen LogP contribution in [-0.2, 0) is 23.8 Å². The highest BCUT2D eigenvalue weighted by Gasteiger charge is 2.18. The van der Waals surface area contributed by atoms with Crippen molar-refractivity contribution in [3.63, 3.8) is 0 Å². The van der Waals surface area contributed by atoms with Gasteiger partial charge in [0, 0.05) is 19.4 Å². The van der Waals surface area contributed by atoms with E-state index >= 15 is 0 Å². The fourth-order valence-electron chi connectivity index (χ4n) is 9.98. The second-order valence-electron chi connectivity index (χ2n) is 22.4. The molecule has 0 aromatic rings. The van der Waals surface area contributed by atoms with Crippen molar-refractivity contribution in [1.82, 2.24) is 0 Å². The van der Waals surface area contributed by atoms with Crippen molar-refractivity contribution in [2.45, 2.75) is 361 Å². The van der Waals surface area contributed by atoms with Crippen molar-refractivity contribution in [3.05, 3.63) is 48.6 Å². The first-order valence-corrected chi connectivity index (χ1v) is 33.2. The molecule has 0 aromatic carbocycles. The molecule has 0 radical (unpaired) electrons.